The van der Waals surface area contributed by atoms with Crippen molar-refractivity contribution in [2.75, 3.05) is 13.7 Å². The summed E-state index contributed by atoms with van der Waals surface area (Å²) in [5.74, 6) is -1.99. The number of aliphatic imine (C=N–C) groups is 1. The van der Waals surface area contributed by atoms with E-state index in [0.29, 0.717) is 11.1 Å². The average Bonchev–Trinajstić information content (AvgIpc) is 2.71. The lowest BCUT2D eigenvalue weighted by Crippen LogP contribution is -2.46. The third kappa shape index (κ3) is 9.00. The Balaban J connectivity index is 2.49. The van der Waals surface area contributed by atoms with Gasteiger partial charge in [-0.2, -0.15) is 4.39 Å². The number of amidine groups is 1. The van der Waals surface area contributed by atoms with Gasteiger partial charge in [0.15, 0.2) is 5.17 Å². The number of ether oxygens (including phenoxy) is 3. The lowest BCUT2D eigenvalue weighted by Gasteiger charge is -2.34. The van der Waals surface area contributed by atoms with Crippen LogP contribution in [0, 0.1) is 5.95 Å². The molecule has 0 fully saturated rings. The predicted molar refractivity (Wildman–Crippen MR) is 141 cm³/mol. The van der Waals surface area contributed by atoms with Crippen LogP contribution in [0.5, 0.6) is 0 Å². The highest BCUT2D eigenvalue weighted by atomic mass is 79.9. The molecule has 1 aliphatic rings. The number of carbonyl (C=O) groups excluding carboxylic acids is 2. The van der Waals surface area contributed by atoms with Gasteiger partial charge >= 0.3 is 11.9 Å². The van der Waals surface area contributed by atoms with E-state index in [1.807, 2.05) is 0 Å². The summed E-state index contributed by atoms with van der Waals surface area (Å²) < 4.78 is 31.6. The molecule has 0 radical (unpaired) electrons. The van der Waals surface area contributed by atoms with Crippen LogP contribution in [-0.2, 0) is 29.3 Å². The first-order valence-corrected chi connectivity index (χ1v) is 16.4. The normalized spacial score (nSPS) is 20.6. The molecule has 0 saturated heterocycles. The number of thioether (sulfide) groups is 1. The number of pyridine rings is 1. The Hall–Kier alpha value is -1.76. The fraction of sp³-hybridized carbons (Fsp3) is 0.565. The SMILES string of the molecule is COC(=O)C1=CC(C)(c2cc(Br)cnc2F)NC(=N[C@@H](OCC[Si](C)(C)C)C(=O)OC(C)(C)C)S1. The Labute approximate surface area is 219 Å². The Bertz CT molecular complexity index is 1030. The highest BCUT2D eigenvalue weighted by Crippen LogP contribution is 2.36. The van der Waals surface area contributed by atoms with Gasteiger partial charge < -0.3 is 19.5 Å². The number of halogens is 2. The number of rotatable bonds is 8. The van der Waals surface area contributed by atoms with Crippen LogP contribution in [0.3, 0.4) is 0 Å². The second-order valence-electron chi connectivity index (χ2n) is 10.4. The largest absolute Gasteiger partial charge is 0.465 e. The zero-order valence-electron chi connectivity index (χ0n) is 21.3. The highest BCUT2D eigenvalue weighted by Gasteiger charge is 2.37. The molecule has 2 heterocycles. The Morgan fingerprint density at radius 1 is 1.34 bits per heavy atom. The molecule has 1 aromatic rings. The highest BCUT2D eigenvalue weighted by molar-refractivity contribution is 9.10. The standard InChI is InChI=1S/C23H33BrFN3O5SSi/c1-22(2,3)33-20(30)18(32-9-10-35(6,7)8)27-21-28-23(4,12-16(34-21)19(29)31-5)15-11-14(24)13-26-17(15)25/h11-13,18H,9-10H2,1-8H3,(H,27,28)/t18-,23?/m0/s1. The molecule has 0 aromatic carbocycles. The van der Waals surface area contributed by atoms with Gasteiger partial charge in [0, 0.05) is 30.9 Å². The third-order valence-corrected chi connectivity index (χ3v) is 7.76. The van der Waals surface area contributed by atoms with Crippen LogP contribution in [0.2, 0.25) is 25.7 Å². The fourth-order valence-electron chi connectivity index (χ4n) is 2.96. The van der Waals surface area contributed by atoms with Crippen molar-refractivity contribution >= 4 is 52.9 Å². The molecule has 0 aliphatic carbocycles. The van der Waals surface area contributed by atoms with Gasteiger partial charge in [-0.15, -0.1) is 0 Å². The Morgan fingerprint density at radius 2 is 2.00 bits per heavy atom. The summed E-state index contributed by atoms with van der Waals surface area (Å²) in [6, 6.07) is 2.38. The van der Waals surface area contributed by atoms with Gasteiger partial charge in [-0.05, 0) is 73.6 Å². The zero-order valence-corrected chi connectivity index (χ0v) is 24.7. The van der Waals surface area contributed by atoms with E-state index < -0.39 is 43.3 Å². The number of aromatic nitrogens is 1. The molecule has 1 aliphatic heterocycles. The summed E-state index contributed by atoms with van der Waals surface area (Å²) in [6.45, 7) is 13.8. The van der Waals surface area contributed by atoms with E-state index in [0.717, 1.165) is 17.8 Å². The maximum absolute atomic E-state index is 14.7. The summed E-state index contributed by atoms with van der Waals surface area (Å²) in [5.41, 5.74) is -1.79. The molecule has 2 rings (SSSR count). The predicted octanol–water partition coefficient (Wildman–Crippen LogP) is 4.97. The fourth-order valence-corrected chi connectivity index (χ4v) is 5.11. The van der Waals surface area contributed by atoms with Gasteiger partial charge in [-0.25, -0.2) is 19.6 Å². The summed E-state index contributed by atoms with van der Waals surface area (Å²) in [6.07, 6.45) is 1.61. The Morgan fingerprint density at radius 3 is 2.57 bits per heavy atom. The van der Waals surface area contributed by atoms with E-state index in [-0.39, 0.29) is 15.6 Å². The van der Waals surface area contributed by atoms with Crippen molar-refractivity contribution in [2.24, 2.45) is 4.99 Å². The smallest absolute Gasteiger partial charge is 0.359 e. The number of methoxy groups -OCH3 is 1. The zero-order chi connectivity index (χ0) is 26.6. The van der Waals surface area contributed by atoms with Crippen LogP contribution >= 0.6 is 27.7 Å². The first-order valence-electron chi connectivity index (χ1n) is 11.0. The van der Waals surface area contributed by atoms with Crippen LogP contribution in [0.1, 0.15) is 33.3 Å². The van der Waals surface area contributed by atoms with Crippen LogP contribution < -0.4 is 5.32 Å². The number of hydrogen-bond donors (Lipinski definition) is 1. The number of nitrogens with zero attached hydrogens (tertiary/aromatic N) is 2. The van der Waals surface area contributed by atoms with Crippen LogP contribution in [0.25, 0.3) is 0 Å². The summed E-state index contributed by atoms with van der Waals surface area (Å²) in [5, 5.41) is 3.31. The van der Waals surface area contributed by atoms with Crippen molar-refractivity contribution in [3.05, 3.63) is 39.2 Å². The molecule has 194 valence electrons. The van der Waals surface area contributed by atoms with Crippen molar-refractivity contribution in [1.29, 1.82) is 0 Å². The summed E-state index contributed by atoms with van der Waals surface area (Å²) in [4.78, 5) is 33.8. The number of carbonyl (C=O) groups is 2. The molecule has 1 aromatic heterocycles. The number of esters is 2. The van der Waals surface area contributed by atoms with Crippen LogP contribution in [0.15, 0.2) is 32.7 Å². The maximum Gasteiger partial charge on any atom is 0.359 e. The van der Waals surface area contributed by atoms with Crippen molar-refractivity contribution in [3.63, 3.8) is 0 Å². The number of nitrogens with one attached hydrogen (secondary N) is 1. The van der Waals surface area contributed by atoms with Gasteiger partial charge in [0.1, 0.15) is 5.60 Å². The van der Waals surface area contributed by atoms with Crippen molar-refractivity contribution in [1.82, 2.24) is 10.3 Å². The monoisotopic (exact) mass is 589 g/mol. The molecule has 0 spiro atoms. The van der Waals surface area contributed by atoms with E-state index >= 15 is 0 Å². The van der Waals surface area contributed by atoms with E-state index in [1.165, 1.54) is 13.3 Å². The number of hydrogen-bond acceptors (Lipinski definition) is 8. The van der Waals surface area contributed by atoms with E-state index in [1.54, 1.807) is 39.8 Å². The average molecular weight is 591 g/mol. The molecule has 0 bridgehead atoms. The second-order valence-corrected chi connectivity index (χ2v) is 18.0. The van der Waals surface area contributed by atoms with Gasteiger partial charge in [-0.3, -0.25) is 0 Å². The van der Waals surface area contributed by atoms with Gasteiger partial charge in [-0.1, -0.05) is 19.6 Å². The summed E-state index contributed by atoms with van der Waals surface area (Å²) >= 11 is 4.27. The van der Waals surface area contributed by atoms with Gasteiger partial charge in [0.05, 0.1) is 17.6 Å². The van der Waals surface area contributed by atoms with E-state index in [4.69, 9.17) is 14.2 Å². The Kier molecular flexibility index (Phi) is 9.71. The van der Waals surface area contributed by atoms with Crippen LogP contribution in [-0.4, -0.2) is 55.7 Å². The van der Waals surface area contributed by atoms with E-state index in [2.05, 4.69) is 50.9 Å². The molecular weight excluding hydrogens is 557 g/mol. The minimum Gasteiger partial charge on any atom is -0.465 e. The molecule has 35 heavy (non-hydrogen) atoms. The second kappa shape index (κ2) is 11.5. The molecule has 1 unspecified atom stereocenters. The minimum absolute atomic E-state index is 0.176. The lowest BCUT2D eigenvalue weighted by atomic mass is 9.92. The van der Waals surface area contributed by atoms with Crippen molar-refractivity contribution in [3.8, 4) is 0 Å². The summed E-state index contributed by atoms with van der Waals surface area (Å²) in [7, 11) is -0.183. The quantitative estimate of drug-likeness (QED) is 0.258. The van der Waals surface area contributed by atoms with Crippen molar-refractivity contribution < 1.29 is 28.2 Å². The topological polar surface area (TPSA) is 99.1 Å². The van der Waals surface area contributed by atoms with Crippen LogP contribution in [0.4, 0.5) is 4.39 Å². The first-order chi connectivity index (χ1) is 16.0. The molecular formula is C23H33BrFN3O5SSi. The maximum atomic E-state index is 14.7. The lowest BCUT2D eigenvalue weighted by molar-refractivity contribution is -0.167. The molecule has 0 saturated carbocycles. The van der Waals surface area contributed by atoms with E-state index in [9.17, 15) is 14.0 Å². The molecule has 8 nitrogen and oxygen atoms in total. The third-order valence-electron chi connectivity index (χ3n) is 4.72. The van der Waals surface area contributed by atoms with Gasteiger partial charge in [0.2, 0.25) is 12.2 Å². The first kappa shape index (κ1) is 29.5. The molecule has 1 N–H and O–H groups in total. The minimum atomic E-state index is -1.44. The van der Waals surface area contributed by atoms with Crippen molar-refractivity contribution in [2.45, 2.75) is 70.7 Å². The molecule has 2 atom stereocenters. The molecule has 12 heteroatoms. The molecule has 0 amide bonds. The van der Waals surface area contributed by atoms with Gasteiger partial charge in [0.25, 0.3) is 0 Å².